The van der Waals surface area contributed by atoms with Crippen LogP contribution in [0.4, 0.5) is 18.9 Å². The Labute approximate surface area is 259 Å². The molecule has 0 saturated carbocycles. The van der Waals surface area contributed by atoms with Crippen LogP contribution in [0.5, 0.6) is 11.5 Å². The summed E-state index contributed by atoms with van der Waals surface area (Å²) >= 11 is 0. The van der Waals surface area contributed by atoms with Gasteiger partial charge in [0.1, 0.15) is 23.6 Å². The number of para-hydroxylation sites is 1. The number of benzene rings is 3. The molecule has 1 N–H and O–H groups in total. The average Bonchev–Trinajstić information content (AvgIpc) is 3.30. The lowest BCUT2D eigenvalue weighted by molar-refractivity contribution is -0.137. The van der Waals surface area contributed by atoms with Gasteiger partial charge in [0.25, 0.3) is 11.8 Å². The minimum absolute atomic E-state index is 0.164. The zero-order valence-electron chi connectivity index (χ0n) is 25.1. The van der Waals surface area contributed by atoms with Crippen LogP contribution in [0, 0.1) is 0 Å². The molecule has 0 unspecified atom stereocenters. The quantitative estimate of drug-likeness (QED) is 0.381. The maximum Gasteiger partial charge on any atom is 0.416 e. The van der Waals surface area contributed by atoms with Crippen LogP contribution in [-0.2, 0) is 22.2 Å². The zero-order valence-corrected chi connectivity index (χ0v) is 25.1. The molecule has 0 bridgehead atoms. The van der Waals surface area contributed by atoms with Crippen molar-refractivity contribution in [2.24, 2.45) is 0 Å². The van der Waals surface area contributed by atoms with Crippen LogP contribution in [0.25, 0.3) is 0 Å². The Balaban J connectivity index is 1.24. The molecular formula is C33H35F3N4O5. The molecule has 3 aromatic rings. The molecular weight excluding hydrogens is 589 g/mol. The summed E-state index contributed by atoms with van der Waals surface area (Å²) in [6.45, 7) is 0.913. The Bertz CT molecular complexity index is 1520. The van der Waals surface area contributed by atoms with Crippen molar-refractivity contribution in [2.45, 2.75) is 31.0 Å². The monoisotopic (exact) mass is 624 g/mol. The first-order chi connectivity index (χ1) is 21.6. The molecule has 9 nitrogen and oxygen atoms in total. The van der Waals surface area contributed by atoms with E-state index in [0.717, 1.165) is 17.8 Å². The molecule has 0 atom stereocenters. The summed E-state index contributed by atoms with van der Waals surface area (Å²) in [5, 5.41) is 2.78. The highest BCUT2D eigenvalue weighted by Crippen LogP contribution is 2.40. The summed E-state index contributed by atoms with van der Waals surface area (Å²) in [6.07, 6.45) is -3.31. The minimum atomic E-state index is -4.41. The van der Waals surface area contributed by atoms with Gasteiger partial charge in [-0.15, -0.1) is 0 Å². The zero-order chi connectivity index (χ0) is 32.2. The van der Waals surface area contributed by atoms with E-state index in [1.165, 1.54) is 31.3 Å². The van der Waals surface area contributed by atoms with Crippen molar-refractivity contribution in [1.29, 1.82) is 0 Å². The summed E-state index contributed by atoms with van der Waals surface area (Å²) in [4.78, 5) is 45.6. The van der Waals surface area contributed by atoms with Crippen molar-refractivity contribution in [3.05, 3.63) is 89.5 Å². The van der Waals surface area contributed by atoms with Gasteiger partial charge in [0.05, 0.1) is 32.0 Å². The number of nitrogens with one attached hydrogen (secondary N) is 1. The van der Waals surface area contributed by atoms with Crippen LogP contribution >= 0.6 is 0 Å². The predicted octanol–water partition coefficient (Wildman–Crippen LogP) is 4.36. The molecule has 0 aromatic heterocycles. The topological polar surface area (TPSA) is 91.4 Å². The molecule has 3 aromatic carbocycles. The minimum Gasteiger partial charge on any atom is -0.497 e. The third-order valence-electron chi connectivity index (χ3n) is 8.45. The van der Waals surface area contributed by atoms with Crippen LogP contribution in [0.1, 0.15) is 34.3 Å². The molecule has 2 fully saturated rings. The van der Waals surface area contributed by atoms with E-state index < -0.39 is 17.3 Å². The third-order valence-corrected chi connectivity index (χ3v) is 8.45. The van der Waals surface area contributed by atoms with Crippen molar-refractivity contribution in [3.8, 4) is 11.5 Å². The van der Waals surface area contributed by atoms with Crippen molar-refractivity contribution in [3.63, 3.8) is 0 Å². The highest BCUT2D eigenvalue weighted by molar-refractivity contribution is 5.99. The summed E-state index contributed by atoms with van der Waals surface area (Å²) in [7, 11) is 3.03. The van der Waals surface area contributed by atoms with Gasteiger partial charge in [-0.05, 0) is 61.2 Å². The van der Waals surface area contributed by atoms with Crippen LogP contribution in [-0.4, -0.2) is 80.1 Å². The number of carbonyl (C=O) groups excluding carboxylic acids is 3. The van der Waals surface area contributed by atoms with Crippen LogP contribution in [0.2, 0.25) is 0 Å². The molecule has 2 aliphatic heterocycles. The van der Waals surface area contributed by atoms with Crippen LogP contribution in [0.15, 0.2) is 72.8 Å². The number of halogens is 3. The third kappa shape index (κ3) is 6.69. The molecule has 12 heteroatoms. The van der Waals surface area contributed by atoms with Crippen LogP contribution in [0.3, 0.4) is 0 Å². The molecule has 5 rings (SSSR count). The lowest BCUT2D eigenvalue weighted by Crippen LogP contribution is -2.57. The predicted molar refractivity (Wildman–Crippen MR) is 161 cm³/mol. The van der Waals surface area contributed by atoms with Gasteiger partial charge in [-0.1, -0.05) is 30.3 Å². The van der Waals surface area contributed by atoms with E-state index in [2.05, 4.69) is 5.32 Å². The summed E-state index contributed by atoms with van der Waals surface area (Å²) < 4.78 is 49.2. The van der Waals surface area contributed by atoms with Gasteiger partial charge in [-0.25, -0.2) is 0 Å². The Morgan fingerprint density at radius 1 is 0.933 bits per heavy atom. The van der Waals surface area contributed by atoms with E-state index >= 15 is 0 Å². The Hall–Kier alpha value is -4.74. The van der Waals surface area contributed by atoms with Crippen LogP contribution < -0.4 is 19.7 Å². The second-order valence-electron chi connectivity index (χ2n) is 11.1. The highest BCUT2D eigenvalue weighted by atomic mass is 19.4. The van der Waals surface area contributed by atoms with Crippen molar-refractivity contribution >= 4 is 23.4 Å². The second kappa shape index (κ2) is 13.1. The number of carbonyl (C=O) groups is 3. The van der Waals surface area contributed by atoms with Crippen molar-refractivity contribution in [1.82, 2.24) is 15.1 Å². The Morgan fingerprint density at radius 2 is 1.62 bits per heavy atom. The fraction of sp³-hybridized carbons (Fsp3) is 0.364. The van der Waals surface area contributed by atoms with E-state index in [9.17, 15) is 27.6 Å². The first-order valence-electron chi connectivity index (χ1n) is 14.6. The highest BCUT2D eigenvalue weighted by Gasteiger charge is 2.54. The van der Waals surface area contributed by atoms with Gasteiger partial charge in [-0.3, -0.25) is 14.4 Å². The maximum atomic E-state index is 14.0. The van der Waals surface area contributed by atoms with Gasteiger partial charge in [-0.2, -0.15) is 13.2 Å². The molecule has 2 heterocycles. The number of alkyl halides is 3. The number of rotatable bonds is 9. The fourth-order valence-electron chi connectivity index (χ4n) is 5.98. The lowest BCUT2D eigenvalue weighted by Gasteiger charge is -2.43. The number of piperidine rings is 1. The normalized spacial score (nSPS) is 16.2. The molecule has 2 saturated heterocycles. The molecule has 0 radical (unpaired) electrons. The van der Waals surface area contributed by atoms with E-state index in [1.54, 1.807) is 23.1 Å². The molecule has 0 aliphatic carbocycles. The molecule has 2 aliphatic rings. The van der Waals surface area contributed by atoms with Gasteiger partial charge in [0.2, 0.25) is 5.91 Å². The number of nitrogens with zero attached hydrogens (tertiary/aromatic N) is 3. The smallest absolute Gasteiger partial charge is 0.416 e. The summed E-state index contributed by atoms with van der Waals surface area (Å²) in [6, 6.07) is 19.3. The largest absolute Gasteiger partial charge is 0.497 e. The van der Waals surface area contributed by atoms with Gasteiger partial charge in [0, 0.05) is 31.4 Å². The number of hydrogen-bond donors (Lipinski definition) is 1. The molecule has 45 heavy (non-hydrogen) atoms. The van der Waals surface area contributed by atoms with Gasteiger partial charge >= 0.3 is 6.18 Å². The van der Waals surface area contributed by atoms with Crippen molar-refractivity contribution in [2.75, 3.05) is 52.0 Å². The first kappa shape index (κ1) is 31.7. The van der Waals surface area contributed by atoms with E-state index in [1.807, 2.05) is 35.2 Å². The standard InChI is InChI=1S/C33H35F3N4O5/c1-44-26-12-13-27(28(20-26)45-2)30(42)38-18-15-32(16-19-38)31(43)39(22-40(32)25-6-4-3-5-7-25)21-29(41)37-17-14-23-8-10-24(11-9-23)33(34,35)36/h3-13,20H,14-19,21-22H2,1-2H3,(H,37,41). The Kier molecular flexibility index (Phi) is 9.21. The fourth-order valence-corrected chi connectivity index (χ4v) is 5.98. The maximum absolute atomic E-state index is 14.0. The van der Waals surface area contributed by atoms with Crippen molar-refractivity contribution < 1.29 is 37.0 Å². The number of hydrogen-bond acceptors (Lipinski definition) is 6. The lowest BCUT2D eigenvalue weighted by atomic mass is 9.85. The number of methoxy groups -OCH3 is 2. The van der Waals surface area contributed by atoms with Gasteiger partial charge < -0.3 is 29.5 Å². The number of likely N-dealkylation sites (tertiary alicyclic amines) is 1. The molecule has 1 spiro atoms. The number of ether oxygens (including phenoxy) is 2. The number of anilines is 1. The van der Waals surface area contributed by atoms with Gasteiger partial charge in [0.15, 0.2) is 0 Å². The SMILES string of the molecule is COc1ccc(C(=O)N2CCC3(CC2)C(=O)N(CC(=O)NCCc2ccc(C(F)(F)F)cc2)CN3c2ccccc2)c(OC)c1. The van der Waals surface area contributed by atoms with E-state index in [4.69, 9.17) is 9.47 Å². The first-order valence-corrected chi connectivity index (χ1v) is 14.6. The van der Waals surface area contributed by atoms with E-state index in [-0.39, 0.29) is 37.5 Å². The molecule has 238 valence electrons. The second-order valence-corrected chi connectivity index (χ2v) is 11.1. The summed E-state index contributed by atoms with van der Waals surface area (Å²) in [5.41, 5.74) is 0.246. The van der Waals surface area contributed by atoms with E-state index in [0.29, 0.717) is 55.0 Å². The Morgan fingerprint density at radius 3 is 2.24 bits per heavy atom. The molecule has 3 amide bonds. The number of amides is 3. The average molecular weight is 625 g/mol. The summed E-state index contributed by atoms with van der Waals surface area (Å²) in [5.74, 6) is 0.223.